The van der Waals surface area contributed by atoms with Crippen LogP contribution in [0, 0.1) is 0 Å². The number of benzene rings is 2. The lowest BCUT2D eigenvalue weighted by atomic mass is 10.1. The summed E-state index contributed by atoms with van der Waals surface area (Å²) in [6, 6.07) is 14.1. The Morgan fingerprint density at radius 3 is 2.85 bits per heavy atom. The van der Waals surface area contributed by atoms with Crippen molar-refractivity contribution in [3.05, 3.63) is 60.7 Å². The number of ether oxygens (including phenoxy) is 2. The fourth-order valence-electron chi connectivity index (χ4n) is 2.68. The van der Waals surface area contributed by atoms with Crippen LogP contribution in [-0.4, -0.2) is 29.4 Å². The second-order valence-corrected chi connectivity index (χ2v) is 7.02. The van der Waals surface area contributed by atoms with Crippen LogP contribution in [0.2, 0.25) is 0 Å². The van der Waals surface area contributed by atoms with Crippen LogP contribution < -0.4 is 9.47 Å². The molecule has 0 aliphatic carbocycles. The first-order valence-electron chi connectivity index (χ1n) is 8.78. The van der Waals surface area contributed by atoms with Crippen LogP contribution in [-0.2, 0) is 6.42 Å². The lowest BCUT2D eigenvalue weighted by molar-refractivity contribution is 0.288. The van der Waals surface area contributed by atoms with Gasteiger partial charge in [0.1, 0.15) is 0 Å². The van der Waals surface area contributed by atoms with Crippen molar-refractivity contribution in [2.75, 3.05) is 19.5 Å². The van der Waals surface area contributed by atoms with Crippen molar-refractivity contribution in [1.82, 2.24) is 9.97 Å². The number of methoxy groups -OCH3 is 1. The van der Waals surface area contributed by atoms with Crippen LogP contribution in [0.3, 0.4) is 0 Å². The maximum atomic E-state index is 5.88. The van der Waals surface area contributed by atoms with E-state index in [1.54, 1.807) is 18.9 Å². The molecule has 0 spiro atoms. The quantitative estimate of drug-likeness (QED) is 0.302. The summed E-state index contributed by atoms with van der Waals surface area (Å²) in [5.74, 6) is 2.59. The fourth-order valence-corrected chi connectivity index (χ4v) is 3.56. The minimum atomic E-state index is 0.678. The lowest BCUT2D eigenvalue weighted by Gasteiger charge is -2.11. The van der Waals surface area contributed by atoms with Gasteiger partial charge in [-0.1, -0.05) is 36.0 Å². The number of unbranched alkanes of at least 4 members (excludes halogenated alkanes) is 1. The number of thioether (sulfide) groups is 1. The first-order chi connectivity index (χ1) is 12.8. The Morgan fingerprint density at radius 2 is 2.04 bits per heavy atom. The van der Waals surface area contributed by atoms with Crippen LogP contribution in [0.15, 0.2) is 60.3 Å². The Kier molecular flexibility index (Phi) is 6.61. The molecule has 0 aliphatic rings. The topological polar surface area (TPSA) is 47.1 Å². The summed E-state index contributed by atoms with van der Waals surface area (Å²) in [6.07, 6.45) is 4.77. The molecule has 0 radical (unpaired) electrons. The molecule has 0 unspecified atom stereocenters. The smallest absolute Gasteiger partial charge is 0.166 e. The Bertz CT molecular complexity index is 827. The third-order valence-corrected chi connectivity index (χ3v) is 4.97. The summed E-state index contributed by atoms with van der Waals surface area (Å²) in [6.45, 7) is 4.44. The molecule has 0 atom stereocenters. The van der Waals surface area contributed by atoms with Crippen molar-refractivity contribution >= 4 is 22.8 Å². The number of aromatic nitrogens is 2. The van der Waals surface area contributed by atoms with Crippen LogP contribution in [0.4, 0.5) is 0 Å². The molecule has 3 rings (SSSR count). The summed E-state index contributed by atoms with van der Waals surface area (Å²) in [7, 11) is 1.67. The molecule has 0 saturated heterocycles. The Balaban J connectivity index is 1.40. The summed E-state index contributed by atoms with van der Waals surface area (Å²) >= 11 is 1.75. The van der Waals surface area contributed by atoms with E-state index < -0.39 is 0 Å². The van der Waals surface area contributed by atoms with Gasteiger partial charge in [0, 0.05) is 5.75 Å². The van der Waals surface area contributed by atoms with E-state index in [9.17, 15) is 0 Å². The van der Waals surface area contributed by atoms with E-state index in [1.807, 2.05) is 42.5 Å². The molecule has 1 aromatic heterocycles. The van der Waals surface area contributed by atoms with Crippen molar-refractivity contribution in [2.45, 2.75) is 24.4 Å². The number of H-pyrrole nitrogens is 1. The average Bonchev–Trinajstić information content (AvgIpc) is 3.08. The standard InChI is InChI=1S/C21H24N2O2S/c1-3-8-16-11-12-19(20(15-16)24-2)25-13-6-7-14-26-21-22-17-9-4-5-10-18(17)23-21/h3-5,9-12,15H,1,6-8,13-14H2,2H3,(H,22,23). The van der Waals surface area contributed by atoms with E-state index >= 15 is 0 Å². The maximum absolute atomic E-state index is 5.88. The number of allylic oxidation sites excluding steroid dienone is 1. The molecule has 0 saturated carbocycles. The predicted molar refractivity (Wildman–Crippen MR) is 108 cm³/mol. The predicted octanol–water partition coefficient (Wildman–Crippen LogP) is 5.25. The second-order valence-electron chi connectivity index (χ2n) is 5.94. The third kappa shape index (κ3) is 4.82. The van der Waals surface area contributed by atoms with Gasteiger partial charge in [-0.2, -0.15) is 0 Å². The number of rotatable bonds is 10. The molecule has 0 amide bonds. The number of fused-ring (bicyclic) bond motifs is 1. The first kappa shape index (κ1) is 18.4. The fraction of sp³-hybridized carbons (Fsp3) is 0.286. The molecule has 136 valence electrons. The third-order valence-electron chi connectivity index (χ3n) is 4.01. The Labute approximate surface area is 158 Å². The highest BCUT2D eigenvalue weighted by atomic mass is 32.2. The highest BCUT2D eigenvalue weighted by molar-refractivity contribution is 7.99. The van der Waals surface area contributed by atoms with Gasteiger partial charge in [0.15, 0.2) is 16.7 Å². The maximum Gasteiger partial charge on any atom is 0.166 e. The van der Waals surface area contributed by atoms with Gasteiger partial charge in [-0.15, -0.1) is 6.58 Å². The molecule has 2 aromatic carbocycles. The number of nitrogens with zero attached hydrogens (tertiary/aromatic N) is 1. The number of imidazole rings is 1. The van der Waals surface area contributed by atoms with Crippen LogP contribution in [0.5, 0.6) is 11.5 Å². The van der Waals surface area contributed by atoms with Gasteiger partial charge in [0.05, 0.1) is 24.8 Å². The van der Waals surface area contributed by atoms with Crippen molar-refractivity contribution in [3.63, 3.8) is 0 Å². The van der Waals surface area contributed by atoms with Gasteiger partial charge >= 0.3 is 0 Å². The SMILES string of the molecule is C=CCc1ccc(OCCCCSc2nc3ccccc3[nH]2)c(OC)c1. The Hall–Kier alpha value is -2.40. The molecule has 1 N–H and O–H groups in total. The van der Waals surface area contributed by atoms with Gasteiger partial charge in [0.2, 0.25) is 0 Å². The zero-order valence-corrected chi connectivity index (χ0v) is 15.8. The summed E-state index contributed by atoms with van der Waals surface area (Å²) in [5, 5.41) is 0.978. The molecule has 26 heavy (non-hydrogen) atoms. The highest BCUT2D eigenvalue weighted by Crippen LogP contribution is 2.28. The van der Waals surface area contributed by atoms with Gasteiger partial charge in [0.25, 0.3) is 0 Å². The number of hydrogen-bond donors (Lipinski definition) is 1. The van der Waals surface area contributed by atoms with E-state index in [2.05, 4.69) is 22.6 Å². The minimum Gasteiger partial charge on any atom is -0.493 e. The molecule has 0 bridgehead atoms. The second kappa shape index (κ2) is 9.34. The summed E-state index contributed by atoms with van der Waals surface area (Å²) < 4.78 is 11.3. The van der Waals surface area contributed by atoms with Gasteiger partial charge < -0.3 is 14.5 Å². The monoisotopic (exact) mass is 368 g/mol. The van der Waals surface area contributed by atoms with Crippen LogP contribution in [0.25, 0.3) is 11.0 Å². The highest BCUT2D eigenvalue weighted by Gasteiger charge is 2.06. The van der Waals surface area contributed by atoms with Crippen molar-refractivity contribution in [2.24, 2.45) is 0 Å². The Morgan fingerprint density at radius 1 is 1.15 bits per heavy atom. The lowest BCUT2D eigenvalue weighted by Crippen LogP contribution is -2.00. The van der Waals surface area contributed by atoms with E-state index in [0.29, 0.717) is 6.61 Å². The van der Waals surface area contributed by atoms with Crippen LogP contribution in [0.1, 0.15) is 18.4 Å². The molecular formula is C21H24N2O2S. The minimum absolute atomic E-state index is 0.678. The normalized spacial score (nSPS) is 10.8. The van der Waals surface area contributed by atoms with Crippen molar-refractivity contribution < 1.29 is 9.47 Å². The van der Waals surface area contributed by atoms with E-state index in [4.69, 9.17) is 9.47 Å². The average molecular weight is 369 g/mol. The molecule has 5 heteroatoms. The first-order valence-corrected chi connectivity index (χ1v) is 9.77. The molecule has 0 fully saturated rings. The summed E-state index contributed by atoms with van der Waals surface area (Å²) in [4.78, 5) is 7.92. The molecule has 1 heterocycles. The van der Waals surface area contributed by atoms with Gasteiger partial charge in [-0.3, -0.25) is 0 Å². The molecule has 0 aliphatic heterocycles. The van der Waals surface area contributed by atoms with E-state index in [0.717, 1.165) is 52.7 Å². The van der Waals surface area contributed by atoms with Crippen LogP contribution >= 0.6 is 11.8 Å². The number of hydrogen-bond acceptors (Lipinski definition) is 4. The van der Waals surface area contributed by atoms with E-state index in [-0.39, 0.29) is 0 Å². The number of para-hydroxylation sites is 2. The zero-order chi connectivity index (χ0) is 18.2. The molecule has 4 nitrogen and oxygen atoms in total. The van der Waals surface area contributed by atoms with E-state index in [1.165, 1.54) is 5.56 Å². The number of nitrogens with one attached hydrogen (secondary N) is 1. The number of aromatic amines is 1. The molecule has 3 aromatic rings. The largest absolute Gasteiger partial charge is 0.493 e. The summed E-state index contributed by atoms with van der Waals surface area (Å²) in [5.41, 5.74) is 3.28. The van der Waals surface area contributed by atoms with Gasteiger partial charge in [-0.25, -0.2) is 4.98 Å². The van der Waals surface area contributed by atoms with Gasteiger partial charge in [-0.05, 0) is 49.1 Å². The van der Waals surface area contributed by atoms with Crippen molar-refractivity contribution in [1.29, 1.82) is 0 Å². The van der Waals surface area contributed by atoms with Crippen molar-refractivity contribution in [3.8, 4) is 11.5 Å². The molecular weight excluding hydrogens is 344 g/mol. The zero-order valence-electron chi connectivity index (χ0n) is 15.0.